The number of nitrogens with one attached hydrogen (secondary N) is 1. The Bertz CT molecular complexity index is 533. The Morgan fingerprint density at radius 1 is 1.19 bits per heavy atom. The molecule has 2 aromatic rings. The summed E-state index contributed by atoms with van der Waals surface area (Å²) in [5.41, 5.74) is 1.25. The molecule has 1 saturated heterocycles. The van der Waals surface area contributed by atoms with Crippen LogP contribution in [0.15, 0.2) is 42.7 Å². The lowest BCUT2D eigenvalue weighted by atomic mass is 10.2. The molecule has 1 aromatic carbocycles. The van der Waals surface area contributed by atoms with E-state index in [2.05, 4.69) is 33.5 Å². The van der Waals surface area contributed by atoms with Gasteiger partial charge in [0.15, 0.2) is 0 Å². The minimum atomic E-state index is 0.632. The van der Waals surface area contributed by atoms with Crippen molar-refractivity contribution in [2.75, 3.05) is 37.7 Å². The highest BCUT2D eigenvalue weighted by molar-refractivity contribution is 5.50. The maximum absolute atomic E-state index is 5.84. The second-order valence-electron chi connectivity index (χ2n) is 5.21. The summed E-state index contributed by atoms with van der Waals surface area (Å²) in [7, 11) is 0. The normalized spacial score (nSPS) is 15.7. The van der Waals surface area contributed by atoms with Gasteiger partial charge in [0.1, 0.15) is 12.4 Å². The third-order valence-electron chi connectivity index (χ3n) is 3.67. The van der Waals surface area contributed by atoms with Gasteiger partial charge in [-0.1, -0.05) is 6.07 Å². The third-order valence-corrected chi connectivity index (χ3v) is 3.67. The molecular formula is C16H22N4O. The maximum Gasteiger partial charge on any atom is 0.121 e. The third kappa shape index (κ3) is 3.98. The zero-order chi connectivity index (χ0) is 14.3. The number of nitrogens with zero attached hydrogens (tertiary/aromatic N) is 3. The summed E-state index contributed by atoms with van der Waals surface area (Å²) in [6.45, 7) is 5.71. The highest BCUT2D eigenvalue weighted by atomic mass is 16.5. The standard InChI is InChI=1S/C16H22N4O/c1-4-15(19-9-2-6-17-8-11-19)14-16(5-1)21-13-12-20-10-3-7-18-20/h1,3-5,7,10,14,17H,2,6,8-9,11-13H2. The fourth-order valence-electron chi connectivity index (χ4n) is 2.56. The molecule has 1 aromatic heterocycles. The van der Waals surface area contributed by atoms with Crippen molar-refractivity contribution in [2.24, 2.45) is 0 Å². The molecule has 0 radical (unpaired) electrons. The number of anilines is 1. The van der Waals surface area contributed by atoms with Crippen molar-refractivity contribution in [3.63, 3.8) is 0 Å². The Kier molecular flexibility index (Phi) is 4.74. The summed E-state index contributed by atoms with van der Waals surface area (Å²) in [5.74, 6) is 0.928. The van der Waals surface area contributed by atoms with Crippen LogP contribution in [0.3, 0.4) is 0 Å². The van der Waals surface area contributed by atoms with Crippen LogP contribution in [0.5, 0.6) is 5.75 Å². The number of benzene rings is 1. The summed E-state index contributed by atoms with van der Waals surface area (Å²) in [6.07, 6.45) is 4.92. The molecule has 1 N–H and O–H groups in total. The molecule has 21 heavy (non-hydrogen) atoms. The van der Waals surface area contributed by atoms with Gasteiger partial charge in [-0.05, 0) is 31.2 Å². The minimum absolute atomic E-state index is 0.632. The number of hydrogen-bond acceptors (Lipinski definition) is 4. The molecule has 5 heteroatoms. The molecule has 112 valence electrons. The van der Waals surface area contributed by atoms with E-state index in [1.165, 1.54) is 12.1 Å². The summed E-state index contributed by atoms with van der Waals surface area (Å²) in [6, 6.07) is 10.3. The highest BCUT2D eigenvalue weighted by Gasteiger charge is 2.09. The van der Waals surface area contributed by atoms with Crippen molar-refractivity contribution in [1.29, 1.82) is 0 Å². The maximum atomic E-state index is 5.84. The Morgan fingerprint density at radius 2 is 2.19 bits per heavy atom. The summed E-state index contributed by atoms with van der Waals surface area (Å²) in [5, 5.41) is 7.60. The number of ether oxygens (including phenoxy) is 1. The summed E-state index contributed by atoms with van der Waals surface area (Å²) in [4.78, 5) is 2.42. The van der Waals surface area contributed by atoms with Gasteiger partial charge in [-0.25, -0.2) is 0 Å². The fourth-order valence-corrected chi connectivity index (χ4v) is 2.56. The molecule has 2 heterocycles. The molecule has 1 aliphatic heterocycles. The van der Waals surface area contributed by atoms with E-state index in [0.29, 0.717) is 6.61 Å². The quantitative estimate of drug-likeness (QED) is 0.909. The van der Waals surface area contributed by atoms with Gasteiger partial charge in [0, 0.05) is 43.8 Å². The molecule has 3 rings (SSSR count). The summed E-state index contributed by atoms with van der Waals surface area (Å²) >= 11 is 0. The van der Waals surface area contributed by atoms with E-state index in [4.69, 9.17) is 4.74 Å². The lowest BCUT2D eigenvalue weighted by molar-refractivity contribution is 0.291. The molecule has 0 aliphatic carbocycles. The number of hydrogen-bond donors (Lipinski definition) is 1. The first-order chi connectivity index (χ1) is 10.4. The van der Waals surface area contributed by atoms with Gasteiger partial charge >= 0.3 is 0 Å². The predicted octanol–water partition coefficient (Wildman–Crippen LogP) is 1.76. The molecule has 0 spiro atoms. The zero-order valence-corrected chi connectivity index (χ0v) is 12.2. The van der Waals surface area contributed by atoms with Crippen molar-refractivity contribution < 1.29 is 4.74 Å². The smallest absolute Gasteiger partial charge is 0.121 e. The van der Waals surface area contributed by atoms with E-state index in [-0.39, 0.29) is 0 Å². The van der Waals surface area contributed by atoms with Crippen LogP contribution in [0, 0.1) is 0 Å². The minimum Gasteiger partial charge on any atom is -0.492 e. The Labute approximate surface area is 125 Å². The fraction of sp³-hybridized carbons (Fsp3) is 0.438. The van der Waals surface area contributed by atoms with E-state index in [9.17, 15) is 0 Å². The van der Waals surface area contributed by atoms with Gasteiger partial charge in [-0.2, -0.15) is 5.10 Å². The Morgan fingerprint density at radius 3 is 3.10 bits per heavy atom. The molecule has 5 nitrogen and oxygen atoms in total. The van der Waals surface area contributed by atoms with Gasteiger partial charge in [0.05, 0.1) is 6.54 Å². The first kappa shape index (κ1) is 13.9. The van der Waals surface area contributed by atoms with Gasteiger partial charge in [-0.3, -0.25) is 4.68 Å². The van der Waals surface area contributed by atoms with Crippen LogP contribution in [0.25, 0.3) is 0 Å². The Balaban J connectivity index is 1.57. The highest BCUT2D eigenvalue weighted by Crippen LogP contribution is 2.21. The first-order valence-corrected chi connectivity index (χ1v) is 7.58. The second-order valence-corrected chi connectivity index (χ2v) is 5.21. The molecule has 1 aliphatic rings. The van der Waals surface area contributed by atoms with Gasteiger partial charge in [0.25, 0.3) is 0 Å². The Hall–Kier alpha value is -2.01. The van der Waals surface area contributed by atoms with E-state index in [1.54, 1.807) is 6.20 Å². The average Bonchev–Trinajstić information content (AvgIpc) is 2.88. The number of aromatic nitrogens is 2. The van der Waals surface area contributed by atoms with Crippen molar-refractivity contribution in [3.8, 4) is 5.75 Å². The van der Waals surface area contributed by atoms with E-state index in [0.717, 1.165) is 38.5 Å². The van der Waals surface area contributed by atoms with Crippen molar-refractivity contribution in [2.45, 2.75) is 13.0 Å². The molecule has 0 unspecified atom stereocenters. The van der Waals surface area contributed by atoms with Crippen LogP contribution in [-0.4, -0.2) is 42.6 Å². The van der Waals surface area contributed by atoms with E-state index >= 15 is 0 Å². The summed E-state index contributed by atoms with van der Waals surface area (Å²) < 4.78 is 7.72. The zero-order valence-electron chi connectivity index (χ0n) is 12.2. The van der Waals surface area contributed by atoms with Crippen molar-refractivity contribution in [3.05, 3.63) is 42.7 Å². The van der Waals surface area contributed by atoms with E-state index in [1.807, 2.05) is 23.0 Å². The lowest BCUT2D eigenvalue weighted by Crippen LogP contribution is -2.27. The molecule has 1 fully saturated rings. The first-order valence-electron chi connectivity index (χ1n) is 7.58. The number of rotatable bonds is 5. The topological polar surface area (TPSA) is 42.3 Å². The van der Waals surface area contributed by atoms with Crippen LogP contribution in [-0.2, 0) is 6.54 Å². The van der Waals surface area contributed by atoms with Crippen LogP contribution in [0.1, 0.15) is 6.42 Å². The molecule has 0 saturated carbocycles. The molecule has 0 amide bonds. The van der Waals surface area contributed by atoms with Crippen LogP contribution < -0.4 is 15.0 Å². The van der Waals surface area contributed by atoms with Crippen LogP contribution in [0.4, 0.5) is 5.69 Å². The van der Waals surface area contributed by atoms with Crippen molar-refractivity contribution in [1.82, 2.24) is 15.1 Å². The predicted molar refractivity (Wildman–Crippen MR) is 83.9 cm³/mol. The molecule has 0 atom stereocenters. The van der Waals surface area contributed by atoms with Crippen LogP contribution >= 0.6 is 0 Å². The monoisotopic (exact) mass is 286 g/mol. The molecule has 0 bridgehead atoms. The van der Waals surface area contributed by atoms with Crippen LogP contribution in [0.2, 0.25) is 0 Å². The average molecular weight is 286 g/mol. The molecular weight excluding hydrogens is 264 g/mol. The van der Waals surface area contributed by atoms with Gasteiger partial charge in [-0.15, -0.1) is 0 Å². The van der Waals surface area contributed by atoms with Gasteiger partial charge in [0.2, 0.25) is 0 Å². The second kappa shape index (κ2) is 7.13. The largest absolute Gasteiger partial charge is 0.492 e. The lowest BCUT2D eigenvalue weighted by Gasteiger charge is -2.22. The van der Waals surface area contributed by atoms with Crippen molar-refractivity contribution >= 4 is 5.69 Å². The van der Waals surface area contributed by atoms with Gasteiger partial charge < -0.3 is 15.0 Å². The van der Waals surface area contributed by atoms with E-state index < -0.39 is 0 Å². The SMILES string of the molecule is c1cc(OCCn2cccn2)cc(N2CCCNCC2)c1.